The molecule has 2 aliphatic heterocycles. The van der Waals surface area contributed by atoms with Crippen LogP contribution < -0.4 is 0 Å². The highest BCUT2D eigenvalue weighted by molar-refractivity contribution is 4.90. The van der Waals surface area contributed by atoms with Crippen LogP contribution in [0.2, 0.25) is 0 Å². The van der Waals surface area contributed by atoms with E-state index >= 15 is 0 Å². The Morgan fingerprint density at radius 2 is 1.88 bits per heavy atom. The van der Waals surface area contributed by atoms with Gasteiger partial charge in [-0.25, -0.2) is 4.39 Å². The summed E-state index contributed by atoms with van der Waals surface area (Å²) in [6, 6.07) is 0. The number of nitrogens with zero attached hydrogens (tertiary/aromatic N) is 2. The molecule has 0 radical (unpaired) electrons. The van der Waals surface area contributed by atoms with Crippen molar-refractivity contribution in [2.75, 3.05) is 39.3 Å². The van der Waals surface area contributed by atoms with Gasteiger partial charge in [0.05, 0.1) is 0 Å². The third-order valence-corrected chi connectivity index (χ3v) is 4.21. The van der Waals surface area contributed by atoms with Crippen molar-refractivity contribution in [2.45, 2.75) is 38.8 Å². The molecule has 2 rings (SSSR count). The van der Waals surface area contributed by atoms with Gasteiger partial charge in [-0.3, -0.25) is 4.90 Å². The minimum atomic E-state index is -0.907. The maximum Gasteiger partial charge on any atom is 0.126 e. The van der Waals surface area contributed by atoms with Gasteiger partial charge in [-0.2, -0.15) is 0 Å². The molecule has 2 heterocycles. The molecule has 0 aliphatic carbocycles. The third kappa shape index (κ3) is 2.95. The van der Waals surface area contributed by atoms with E-state index < -0.39 is 5.67 Å². The maximum atomic E-state index is 14.6. The summed E-state index contributed by atoms with van der Waals surface area (Å²) < 4.78 is 14.6. The maximum absolute atomic E-state index is 14.6. The normalized spacial score (nSPS) is 32.1. The second-order valence-corrected chi connectivity index (χ2v) is 5.71. The largest absolute Gasteiger partial charge is 0.303 e. The number of piperidine rings is 1. The molecule has 2 aliphatic rings. The highest BCUT2D eigenvalue weighted by Crippen LogP contribution is 2.29. The lowest BCUT2D eigenvalue weighted by molar-refractivity contribution is 0.0313. The van der Waals surface area contributed by atoms with Crippen molar-refractivity contribution in [3.05, 3.63) is 0 Å². The molecule has 2 nitrogen and oxygen atoms in total. The van der Waals surface area contributed by atoms with Gasteiger partial charge in [0.2, 0.25) is 0 Å². The highest BCUT2D eigenvalue weighted by atomic mass is 19.1. The van der Waals surface area contributed by atoms with Crippen LogP contribution in [-0.2, 0) is 0 Å². The Hall–Kier alpha value is -0.150. The van der Waals surface area contributed by atoms with E-state index in [-0.39, 0.29) is 0 Å². The minimum Gasteiger partial charge on any atom is -0.303 e. The summed E-state index contributed by atoms with van der Waals surface area (Å²) in [5.74, 6) is 0.763. The summed E-state index contributed by atoms with van der Waals surface area (Å²) in [7, 11) is 0. The molecule has 94 valence electrons. The van der Waals surface area contributed by atoms with Crippen LogP contribution in [0, 0.1) is 5.92 Å². The second-order valence-electron chi connectivity index (χ2n) is 5.71. The summed E-state index contributed by atoms with van der Waals surface area (Å²) >= 11 is 0. The van der Waals surface area contributed by atoms with E-state index in [4.69, 9.17) is 0 Å². The molecule has 2 fully saturated rings. The first kappa shape index (κ1) is 12.3. The lowest BCUT2D eigenvalue weighted by Gasteiger charge is -2.38. The Morgan fingerprint density at radius 1 is 1.19 bits per heavy atom. The van der Waals surface area contributed by atoms with E-state index in [1.165, 1.54) is 6.42 Å². The molecule has 0 spiro atoms. The van der Waals surface area contributed by atoms with Gasteiger partial charge in [-0.15, -0.1) is 0 Å². The fourth-order valence-corrected chi connectivity index (χ4v) is 3.00. The minimum absolute atomic E-state index is 0.675. The average Bonchev–Trinajstić information content (AvgIpc) is 2.64. The summed E-state index contributed by atoms with van der Waals surface area (Å²) in [4.78, 5) is 4.68. The van der Waals surface area contributed by atoms with Crippen LogP contribution in [-0.4, -0.2) is 54.7 Å². The third-order valence-electron chi connectivity index (χ3n) is 4.21. The Bertz CT molecular complexity index is 224. The summed E-state index contributed by atoms with van der Waals surface area (Å²) in [5.41, 5.74) is -0.907. The molecule has 0 bridgehead atoms. The Kier molecular flexibility index (Phi) is 3.85. The Labute approximate surface area is 98.8 Å². The number of likely N-dealkylation sites (tertiary alicyclic amines) is 2. The van der Waals surface area contributed by atoms with Crippen molar-refractivity contribution in [1.29, 1.82) is 0 Å². The van der Waals surface area contributed by atoms with Crippen molar-refractivity contribution in [3.8, 4) is 0 Å². The van der Waals surface area contributed by atoms with E-state index in [2.05, 4.69) is 23.6 Å². The lowest BCUT2D eigenvalue weighted by Crippen LogP contribution is -2.47. The summed E-state index contributed by atoms with van der Waals surface area (Å²) in [6.45, 7) is 10.3. The molecule has 2 saturated heterocycles. The first-order valence-electron chi connectivity index (χ1n) is 6.75. The van der Waals surface area contributed by atoms with Crippen molar-refractivity contribution in [1.82, 2.24) is 9.80 Å². The van der Waals surface area contributed by atoms with Gasteiger partial charge in [0.25, 0.3) is 0 Å². The van der Waals surface area contributed by atoms with Crippen LogP contribution in [0.25, 0.3) is 0 Å². The van der Waals surface area contributed by atoms with E-state index in [1.54, 1.807) is 0 Å². The van der Waals surface area contributed by atoms with E-state index in [0.29, 0.717) is 6.54 Å². The highest BCUT2D eigenvalue weighted by Gasteiger charge is 2.36. The first-order valence-corrected chi connectivity index (χ1v) is 6.75. The fraction of sp³-hybridized carbons (Fsp3) is 1.00. The zero-order chi connectivity index (χ0) is 11.6. The van der Waals surface area contributed by atoms with Crippen molar-refractivity contribution >= 4 is 0 Å². The molecule has 0 amide bonds. The zero-order valence-corrected chi connectivity index (χ0v) is 10.7. The van der Waals surface area contributed by atoms with Crippen LogP contribution in [0.1, 0.15) is 33.1 Å². The monoisotopic (exact) mass is 228 g/mol. The summed E-state index contributed by atoms with van der Waals surface area (Å²) in [5, 5.41) is 0. The van der Waals surface area contributed by atoms with Crippen molar-refractivity contribution < 1.29 is 4.39 Å². The van der Waals surface area contributed by atoms with Gasteiger partial charge in [-0.05, 0) is 38.3 Å². The van der Waals surface area contributed by atoms with Gasteiger partial charge >= 0.3 is 0 Å². The van der Waals surface area contributed by atoms with Crippen molar-refractivity contribution in [3.63, 3.8) is 0 Å². The average molecular weight is 228 g/mol. The van der Waals surface area contributed by atoms with Crippen molar-refractivity contribution in [2.24, 2.45) is 5.92 Å². The molecule has 0 saturated carbocycles. The molecule has 0 aromatic rings. The first-order chi connectivity index (χ1) is 7.61. The van der Waals surface area contributed by atoms with Gasteiger partial charge in [0.1, 0.15) is 5.67 Å². The Morgan fingerprint density at radius 3 is 2.38 bits per heavy atom. The number of hydrogen-bond acceptors (Lipinski definition) is 2. The van der Waals surface area contributed by atoms with Crippen LogP contribution in [0.5, 0.6) is 0 Å². The molecule has 0 aromatic heterocycles. The molecule has 1 atom stereocenters. The van der Waals surface area contributed by atoms with E-state index in [1.807, 2.05) is 0 Å². The smallest absolute Gasteiger partial charge is 0.126 e. The topological polar surface area (TPSA) is 6.48 Å². The molecule has 16 heavy (non-hydrogen) atoms. The SMILES string of the molecule is CCN1CCC(F)(CN2CCC(C)C2)CC1. The standard InChI is InChI=1S/C13H25FN2/c1-3-15-8-5-13(14,6-9-15)11-16-7-4-12(2)10-16/h12H,3-11H2,1-2H3. The van der Waals surface area contributed by atoms with Gasteiger partial charge < -0.3 is 4.90 Å². The molecule has 0 aromatic carbocycles. The summed E-state index contributed by atoms with van der Waals surface area (Å²) in [6.07, 6.45) is 2.70. The van der Waals surface area contributed by atoms with Crippen LogP contribution in [0.3, 0.4) is 0 Å². The van der Waals surface area contributed by atoms with Crippen LogP contribution in [0.4, 0.5) is 4.39 Å². The van der Waals surface area contributed by atoms with Crippen LogP contribution >= 0.6 is 0 Å². The zero-order valence-electron chi connectivity index (χ0n) is 10.7. The van der Waals surface area contributed by atoms with Gasteiger partial charge in [0.15, 0.2) is 0 Å². The molecule has 3 heteroatoms. The predicted molar refractivity (Wildman–Crippen MR) is 65.4 cm³/mol. The fourth-order valence-electron chi connectivity index (χ4n) is 3.00. The molecule has 0 N–H and O–H groups in total. The van der Waals surface area contributed by atoms with Gasteiger partial charge in [0, 0.05) is 26.2 Å². The number of hydrogen-bond donors (Lipinski definition) is 0. The number of rotatable bonds is 3. The van der Waals surface area contributed by atoms with Gasteiger partial charge in [-0.1, -0.05) is 13.8 Å². The van der Waals surface area contributed by atoms with E-state index in [9.17, 15) is 4.39 Å². The molecular weight excluding hydrogens is 203 g/mol. The Balaban J connectivity index is 1.80. The quantitative estimate of drug-likeness (QED) is 0.730. The predicted octanol–water partition coefficient (Wildman–Crippen LogP) is 2.15. The molecule has 1 unspecified atom stereocenters. The number of halogens is 1. The number of alkyl halides is 1. The molecular formula is C13H25FN2. The lowest BCUT2D eigenvalue weighted by atomic mass is 9.93. The second kappa shape index (κ2) is 5.01. The van der Waals surface area contributed by atoms with E-state index in [0.717, 1.165) is 51.5 Å². The van der Waals surface area contributed by atoms with Crippen LogP contribution in [0.15, 0.2) is 0 Å².